The number of allylic oxidation sites excluding steroid dienone is 1. The molecule has 1 aliphatic carbocycles. The van der Waals surface area contributed by atoms with E-state index in [0.29, 0.717) is 0 Å². The maximum Gasteiger partial charge on any atom is -0.00854 e. The summed E-state index contributed by atoms with van der Waals surface area (Å²) in [6.45, 7) is 4.52. The summed E-state index contributed by atoms with van der Waals surface area (Å²) in [6.07, 6.45) is 10.7. The lowest BCUT2D eigenvalue weighted by Crippen LogP contribution is -1.96. The quantitative estimate of drug-likeness (QED) is 0.684. The molecule has 0 radical (unpaired) electrons. The van der Waals surface area contributed by atoms with Crippen LogP contribution < -0.4 is 0 Å². The van der Waals surface area contributed by atoms with Crippen molar-refractivity contribution in [2.75, 3.05) is 0 Å². The zero-order valence-corrected chi connectivity index (χ0v) is 9.84. The van der Waals surface area contributed by atoms with Crippen molar-refractivity contribution in [3.63, 3.8) is 0 Å². The predicted molar refractivity (Wildman–Crippen MR) is 67.2 cm³/mol. The second kappa shape index (κ2) is 4.65. The van der Waals surface area contributed by atoms with Crippen molar-refractivity contribution in [1.82, 2.24) is 0 Å². The van der Waals surface area contributed by atoms with Gasteiger partial charge >= 0.3 is 0 Å². The minimum Gasteiger partial charge on any atom is -0.0795 e. The lowest BCUT2D eigenvalue weighted by atomic mass is 9.95. The van der Waals surface area contributed by atoms with Crippen LogP contribution in [0.5, 0.6) is 0 Å². The summed E-state index contributed by atoms with van der Waals surface area (Å²) in [5.74, 6) is 0. The normalized spacial score (nSPS) is 13.2. The average molecular weight is 200 g/mol. The molecular formula is C15H20. The lowest BCUT2D eigenvalue weighted by molar-refractivity contribution is 0.885. The van der Waals surface area contributed by atoms with E-state index < -0.39 is 0 Å². The molecule has 0 amide bonds. The van der Waals surface area contributed by atoms with Gasteiger partial charge in [-0.15, -0.1) is 0 Å². The van der Waals surface area contributed by atoms with Gasteiger partial charge in [-0.1, -0.05) is 51.0 Å². The minimum absolute atomic E-state index is 1.15. The molecular weight excluding hydrogens is 180 g/mol. The summed E-state index contributed by atoms with van der Waals surface area (Å²) < 4.78 is 0. The van der Waals surface area contributed by atoms with Gasteiger partial charge in [0.1, 0.15) is 0 Å². The van der Waals surface area contributed by atoms with Crippen molar-refractivity contribution >= 4 is 6.08 Å². The average Bonchev–Trinajstić information content (AvgIpc) is 2.67. The number of benzene rings is 1. The molecule has 0 unspecified atom stereocenters. The summed E-state index contributed by atoms with van der Waals surface area (Å²) in [5, 5.41) is 0. The Morgan fingerprint density at radius 2 is 1.87 bits per heavy atom. The Morgan fingerprint density at radius 3 is 2.60 bits per heavy atom. The number of rotatable bonds is 4. The van der Waals surface area contributed by atoms with Crippen LogP contribution >= 0.6 is 0 Å². The highest BCUT2D eigenvalue weighted by molar-refractivity contribution is 5.63. The largest absolute Gasteiger partial charge is 0.0795 e. The molecule has 1 aromatic rings. The van der Waals surface area contributed by atoms with Crippen LogP contribution in [0.2, 0.25) is 0 Å². The molecule has 0 N–H and O–H groups in total. The van der Waals surface area contributed by atoms with Gasteiger partial charge in [-0.05, 0) is 41.5 Å². The van der Waals surface area contributed by atoms with Gasteiger partial charge in [0, 0.05) is 0 Å². The predicted octanol–water partition coefficient (Wildman–Crippen LogP) is 4.16. The second-order valence-corrected chi connectivity index (χ2v) is 4.43. The smallest absolute Gasteiger partial charge is 0.00854 e. The van der Waals surface area contributed by atoms with E-state index in [-0.39, 0.29) is 0 Å². The zero-order valence-electron chi connectivity index (χ0n) is 9.84. The fraction of sp³-hybridized carbons (Fsp3) is 0.467. The first-order chi connectivity index (χ1) is 7.35. The molecule has 2 rings (SSSR count). The molecule has 0 atom stereocenters. The maximum absolute atomic E-state index is 2.43. The summed E-state index contributed by atoms with van der Waals surface area (Å²) in [4.78, 5) is 0. The van der Waals surface area contributed by atoms with Gasteiger partial charge < -0.3 is 0 Å². The summed E-state index contributed by atoms with van der Waals surface area (Å²) >= 11 is 0. The van der Waals surface area contributed by atoms with Gasteiger partial charge in [0.2, 0.25) is 0 Å². The first-order valence-corrected chi connectivity index (χ1v) is 6.16. The summed E-state index contributed by atoms with van der Waals surface area (Å²) in [6, 6.07) is 4.81. The molecule has 15 heavy (non-hydrogen) atoms. The van der Waals surface area contributed by atoms with Gasteiger partial charge in [-0.2, -0.15) is 0 Å². The standard InChI is InChI=1S/C15H20/c1-3-6-12-10-13(7-4-2)15-9-5-8-14(15)11-12/h5,8,10-11H,3-4,6-7,9H2,1-2H3. The van der Waals surface area contributed by atoms with Crippen LogP contribution in [0, 0.1) is 0 Å². The van der Waals surface area contributed by atoms with Crippen LogP contribution in [0.3, 0.4) is 0 Å². The first-order valence-electron chi connectivity index (χ1n) is 6.16. The second-order valence-electron chi connectivity index (χ2n) is 4.43. The van der Waals surface area contributed by atoms with Gasteiger partial charge in [-0.25, -0.2) is 0 Å². The zero-order chi connectivity index (χ0) is 10.7. The van der Waals surface area contributed by atoms with Crippen molar-refractivity contribution in [2.24, 2.45) is 0 Å². The number of aryl methyl sites for hydroxylation is 2. The van der Waals surface area contributed by atoms with E-state index >= 15 is 0 Å². The molecule has 80 valence electrons. The number of hydrogen-bond acceptors (Lipinski definition) is 0. The molecule has 0 aromatic heterocycles. The molecule has 0 saturated heterocycles. The molecule has 0 saturated carbocycles. The van der Waals surface area contributed by atoms with E-state index in [1.807, 2.05) is 0 Å². The Balaban J connectivity index is 2.36. The topological polar surface area (TPSA) is 0 Å². The molecule has 0 fully saturated rings. The van der Waals surface area contributed by atoms with E-state index in [9.17, 15) is 0 Å². The first kappa shape index (κ1) is 10.5. The Kier molecular flexibility index (Phi) is 3.25. The maximum atomic E-state index is 2.43. The van der Waals surface area contributed by atoms with Gasteiger partial charge in [0.25, 0.3) is 0 Å². The Hall–Kier alpha value is -1.04. The third-order valence-corrected chi connectivity index (χ3v) is 3.11. The van der Waals surface area contributed by atoms with Crippen molar-refractivity contribution in [1.29, 1.82) is 0 Å². The fourth-order valence-corrected chi connectivity index (χ4v) is 2.45. The Morgan fingerprint density at radius 1 is 1.07 bits per heavy atom. The summed E-state index contributed by atoms with van der Waals surface area (Å²) in [7, 11) is 0. The van der Waals surface area contributed by atoms with Crippen molar-refractivity contribution < 1.29 is 0 Å². The van der Waals surface area contributed by atoms with E-state index in [1.54, 1.807) is 11.1 Å². The number of fused-ring (bicyclic) bond motifs is 1. The van der Waals surface area contributed by atoms with Gasteiger partial charge in [0.15, 0.2) is 0 Å². The fourth-order valence-electron chi connectivity index (χ4n) is 2.45. The van der Waals surface area contributed by atoms with E-state index in [0.717, 1.165) is 6.42 Å². The van der Waals surface area contributed by atoms with E-state index in [2.05, 4.69) is 38.1 Å². The van der Waals surface area contributed by atoms with Crippen LogP contribution in [0.1, 0.15) is 48.9 Å². The minimum atomic E-state index is 1.15. The van der Waals surface area contributed by atoms with Crippen LogP contribution in [0.25, 0.3) is 6.08 Å². The van der Waals surface area contributed by atoms with Crippen molar-refractivity contribution in [2.45, 2.75) is 46.0 Å². The van der Waals surface area contributed by atoms with Crippen molar-refractivity contribution in [3.05, 3.63) is 40.5 Å². The van der Waals surface area contributed by atoms with Crippen LogP contribution in [-0.2, 0) is 19.3 Å². The molecule has 1 aromatic carbocycles. The van der Waals surface area contributed by atoms with Gasteiger partial charge in [0.05, 0.1) is 0 Å². The van der Waals surface area contributed by atoms with E-state index in [1.165, 1.54) is 36.8 Å². The molecule has 0 bridgehead atoms. The molecule has 0 nitrogen and oxygen atoms in total. The molecule has 1 aliphatic rings. The van der Waals surface area contributed by atoms with Crippen LogP contribution in [0.4, 0.5) is 0 Å². The van der Waals surface area contributed by atoms with Gasteiger partial charge in [-0.3, -0.25) is 0 Å². The third kappa shape index (κ3) is 2.14. The molecule has 0 heterocycles. The molecule has 0 aliphatic heterocycles. The summed E-state index contributed by atoms with van der Waals surface area (Å²) in [5.41, 5.74) is 6.16. The highest BCUT2D eigenvalue weighted by atomic mass is 14.2. The third-order valence-electron chi connectivity index (χ3n) is 3.11. The lowest BCUT2D eigenvalue weighted by Gasteiger charge is -2.10. The Labute approximate surface area is 93.0 Å². The molecule has 0 spiro atoms. The SMILES string of the molecule is CCCc1cc2c(c(CCC)c1)CC=C2. The van der Waals surface area contributed by atoms with E-state index in [4.69, 9.17) is 0 Å². The van der Waals surface area contributed by atoms with Crippen LogP contribution in [0.15, 0.2) is 18.2 Å². The number of hydrogen-bond donors (Lipinski definition) is 0. The van der Waals surface area contributed by atoms with Crippen LogP contribution in [-0.4, -0.2) is 0 Å². The van der Waals surface area contributed by atoms with Crippen molar-refractivity contribution in [3.8, 4) is 0 Å². The highest BCUT2D eigenvalue weighted by Crippen LogP contribution is 2.26. The molecule has 0 heteroatoms. The highest BCUT2D eigenvalue weighted by Gasteiger charge is 2.11. The Bertz CT molecular complexity index is 372. The monoisotopic (exact) mass is 200 g/mol.